The Morgan fingerprint density at radius 1 is 0.333 bits per heavy atom. The number of rotatable bonds is 36. The van der Waals surface area contributed by atoms with Crippen LogP contribution in [0.15, 0.2) is 315 Å². The third kappa shape index (κ3) is 19.0. The van der Waals surface area contributed by atoms with Gasteiger partial charge < -0.3 is 107 Å². The van der Waals surface area contributed by atoms with Crippen LogP contribution < -0.4 is 20.3 Å². The number of aromatic amines is 2. The highest BCUT2D eigenvalue weighted by Crippen LogP contribution is 2.52. The van der Waals surface area contributed by atoms with Crippen molar-refractivity contribution < 1.29 is 107 Å². The van der Waals surface area contributed by atoms with Gasteiger partial charge in [-0.2, -0.15) is 0 Å². The lowest BCUT2D eigenvalue weighted by Gasteiger charge is -2.47. The molecule has 2 saturated heterocycles. The van der Waals surface area contributed by atoms with E-state index in [0.717, 1.165) is 49.5 Å². The van der Waals surface area contributed by atoms with E-state index >= 15 is 9.59 Å². The van der Waals surface area contributed by atoms with Crippen molar-refractivity contribution in [1.29, 1.82) is 0 Å². The minimum Gasteiger partial charge on any atom is -0.508 e. The molecule has 10 unspecified atom stereocenters. The summed E-state index contributed by atoms with van der Waals surface area (Å²) in [6.07, 6.45) is -12.4. The molecule has 4 aromatic heterocycles. The molecule has 0 radical (unpaired) electrons. The number of nitrogens with zero attached hydrogens (tertiary/aromatic N) is 4. The third-order valence-corrected chi connectivity index (χ3v) is 26.8. The van der Waals surface area contributed by atoms with Crippen LogP contribution in [-0.4, -0.2) is 194 Å². The molecule has 0 spiro atoms. The van der Waals surface area contributed by atoms with Gasteiger partial charge in [-0.15, -0.1) is 0 Å². The Labute approximate surface area is 824 Å². The van der Waals surface area contributed by atoms with Crippen molar-refractivity contribution >= 4 is 111 Å². The fourth-order valence-corrected chi connectivity index (χ4v) is 19.9. The number of aliphatic hydroxyl groups excluding tert-OH is 6. The lowest BCUT2D eigenvalue weighted by atomic mass is 9.95. The molecule has 30 heteroatoms. The van der Waals surface area contributed by atoms with E-state index in [1.807, 2.05) is 279 Å². The minimum atomic E-state index is -1.75. The number of hydrogen-bond acceptors (Lipinski definition) is 24. The number of carbonyl (C=O) groups is 4. The van der Waals surface area contributed by atoms with Gasteiger partial charge in [0.1, 0.15) is 85.0 Å². The van der Waals surface area contributed by atoms with Gasteiger partial charge in [0.15, 0.2) is 12.5 Å². The van der Waals surface area contributed by atoms with Gasteiger partial charge in [-0.1, -0.05) is 243 Å². The second-order valence-electron chi connectivity index (χ2n) is 36.3. The normalized spacial score (nSPS) is 19.1. The van der Waals surface area contributed by atoms with Crippen LogP contribution in [0.2, 0.25) is 0 Å². The van der Waals surface area contributed by atoms with Crippen LogP contribution in [0.25, 0.3) is 87.2 Å². The lowest BCUT2D eigenvalue weighted by molar-refractivity contribution is -0.288. The Kier molecular flexibility index (Phi) is 28.0. The molecule has 8 heterocycles. The molecule has 14 aromatic carbocycles. The highest BCUT2D eigenvalue weighted by atomic mass is 16.6. The number of H-pyrrole nitrogens is 2. The number of ether oxygens (including phenoxy) is 10. The number of hydrogen-bond donors (Lipinski definition) is 12. The average Bonchev–Trinajstić information content (AvgIpc) is 1.52. The van der Waals surface area contributed by atoms with Crippen molar-refractivity contribution in [2.45, 2.75) is 126 Å². The van der Waals surface area contributed by atoms with Crippen molar-refractivity contribution in [3.8, 4) is 23.0 Å². The molecule has 144 heavy (non-hydrogen) atoms. The number of amides is 4. The first-order valence-corrected chi connectivity index (χ1v) is 47.7. The van der Waals surface area contributed by atoms with E-state index < -0.39 is 117 Å². The number of aromatic nitrogens is 4. The maximum absolute atomic E-state index is 16.4. The van der Waals surface area contributed by atoms with Crippen LogP contribution in [0.5, 0.6) is 23.0 Å². The van der Waals surface area contributed by atoms with Crippen molar-refractivity contribution in [2.24, 2.45) is 0 Å². The summed E-state index contributed by atoms with van der Waals surface area (Å²) in [6.45, 7) is 0.412. The number of carbonyl (C=O) groups excluding carboxylic acids is 4. The number of aliphatic hydroxyl groups is 6. The van der Waals surface area contributed by atoms with Crippen molar-refractivity contribution in [2.75, 3.05) is 39.6 Å². The van der Waals surface area contributed by atoms with E-state index in [0.29, 0.717) is 96.2 Å². The Balaban J connectivity index is 0.000000230. The number of benzene rings is 14. The van der Waals surface area contributed by atoms with E-state index in [9.17, 15) is 50.4 Å². The number of phenols is 2. The highest BCUT2D eigenvalue weighted by molar-refractivity contribution is 6.41. The van der Waals surface area contributed by atoms with Gasteiger partial charge in [0.25, 0.3) is 23.6 Å². The number of nitrogens with one attached hydrogen (secondary N) is 4. The molecular weight excluding hydrogens is 1830 g/mol. The molecule has 732 valence electrons. The average molecular weight is 1940 g/mol. The van der Waals surface area contributed by atoms with Crippen LogP contribution in [0.1, 0.15) is 98.4 Å². The molecule has 10 atom stereocenters. The summed E-state index contributed by atoms with van der Waals surface area (Å²) >= 11 is 0. The van der Waals surface area contributed by atoms with Gasteiger partial charge in [0, 0.05) is 67.4 Å². The number of imide groups is 2. The van der Waals surface area contributed by atoms with Gasteiger partial charge in [-0.05, 0) is 93.0 Å². The molecule has 0 saturated carbocycles. The number of hydrazine groups is 2. The summed E-state index contributed by atoms with van der Waals surface area (Å²) in [5.74, 6) is -1.82. The molecule has 4 aliphatic heterocycles. The summed E-state index contributed by atoms with van der Waals surface area (Å²) in [5, 5.41) is 87.8. The van der Waals surface area contributed by atoms with E-state index in [1.165, 1.54) is 34.9 Å². The predicted octanol–water partition coefficient (Wildman–Crippen LogP) is 15.6. The second kappa shape index (κ2) is 42.3. The predicted molar refractivity (Wildman–Crippen MR) is 538 cm³/mol. The van der Waals surface area contributed by atoms with Crippen LogP contribution in [0.4, 0.5) is 0 Å². The van der Waals surface area contributed by atoms with E-state index in [1.54, 1.807) is 6.07 Å². The van der Waals surface area contributed by atoms with Gasteiger partial charge in [0.2, 0.25) is 0 Å². The van der Waals surface area contributed by atoms with Crippen LogP contribution >= 0.6 is 0 Å². The van der Waals surface area contributed by atoms with E-state index in [4.69, 9.17) is 47.4 Å². The molecule has 0 aliphatic carbocycles. The maximum atomic E-state index is 16.4. The third-order valence-electron chi connectivity index (χ3n) is 26.8. The Bertz CT molecular complexity index is 7630. The quantitative estimate of drug-likeness (QED) is 0.0162. The standard InChI is InChI=1S/C85H76N4O11.C29H28N4O11/c90-83-76-74-69-43-41-67(95-50-61-31-15-4-16-32-61)45-71(69)86-78(74)79-75(77(76)84(91)89(83)87-66(55-92-47-58-25-9-1-10-26-58)56-93-48-59-27-11-2-12-28-59)70-44-42-68(96-51-62-33-17-5-18-34-62)46-72(70)88(79)85-82(99-54-65-39-23-8-24-40-65)81(98-53-64-37-21-7-22-38-64)80(97-52-63-35-19-6-20-36-63)73(100-85)57-94-49-60-29-13-3-14-30-60;34-7-10(8-35)31-33-27(42)20-18-13-3-1-11(37)5-15(13)30-22(18)23-19(21(20)28(33)43)14-4-2-12(38)6-16(14)32(23)29-26(41)25(40)24(39)17(9-36)44-29/h1-46,66,73,80-82,85-87H,47-57H2;1-6,10,17,24-26,29-31,34-41H,7-9H2. The van der Waals surface area contributed by atoms with Crippen LogP contribution in [0, 0.1) is 0 Å². The Morgan fingerprint density at radius 3 is 1.14 bits per heavy atom. The molecule has 22 rings (SSSR count). The second-order valence-corrected chi connectivity index (χ2v) is 36.3. The number of phenolic OH excluding ortho intramolecular Hbond substituents is 2. The molecule has 4 amide bonds. The lowest BCUT2D eigenvalue weighted by Crippen LogP contribution is -2.59. The first kappa shape index (κ1) is 95.3. The molecule has 30 nitrogen and oxygen atoms in total. The number of fused-ring (bicyclic) bond motifs is 20. The zero-order valence-electron chi connectivity index (χ0n) is 77.9. The summed E-state index contributed by atoms with van der Waals surface area (Å²) < 4.78 is 72.4. The smallest absolute Gasteiger partial charge is 0.276 e. The largest absolute Gasteiger partial charge is 0.508 e. The summed E-state index contributed by atoms with van der Waals surface area (Å²) in [4.78, 5) is 67.6. The monoisotopic (exact) mass is 1940 g/mol. The van der Waals surface area contributed by atoms with Crippen molar-refractivity contribution in [3.05, 3.63) is 382 Å². The number of aromatic hydroxyl groups is 2. The molecule has 4 aliphatic rings. The van der Waals surface area contributed by atoms with E-state index in [2.05, 4.69) is 25.4 Å². The van der Waals surface area contributed by atoms with Crippen LogP contribution in [0.3, 0.4) is 0 Å². The Hall–Kier alpha value is -14.9. The van der Waals surface area contributed by atoms with Crippen molar-refractivity contribution in [3.63, 3.8) is 0 Å². The van der Waals surface area contributed by atoms with Gasteiger partial charge >= 0.3 is 0 Å². The summed E-state index contributed by atoms with van der Waals surface area (Å²) in [6, 6.07) is 98.5. The fourth-order valence-electron chi connectivity index (χ4n) is 19.9. The minimum absolute atomic E-state index is 0.0162. The summed E-state index contributed by atoms with van der Waals surface area (Å²) in [5.41, 5.74) is 17.5. The zero-order valence-corrected chi connectivity index (χ0v) is 77.9. The van der Waals surface area contributed by atoms with Crippen molar-refractivity contribution in [1.82, 2.24) is 40.0 Å². The first-order valence-electron chi connectivity index (χ1n) is 47.7. The highest BCUT2D eigenvalue weighted by Gasteiger charge is 2.53. The molecule has 12 N–H and O–H groups in total. The van der Waals surface area contributed by atoms with Gasteiger partial charge in [0.05, 0.1) is 158 Å². The molecular formula is C114H104N8O22. The topological polar surface area (TPSA) is 394 Å². The van der Waals surface area contributed by atoms with Gasteiger partial charge in [-0.3, -0.25) is 19.2 Å². The zero-order chi connectivity index (χ0) is 98.6. The summed E-state index contributed by atoms with van der Waals surface area (Å²) in [7, 11) is 0. The molecule has 0 bridgehead atoms. The maximum Gasteiger partial charge on any atom is 0.276 e. The van der Waals surface area contributed by atoms with E-state index in [-0.39, 0.29) is 114 Å². The Morgan fingerprint density at radius 2 is 0.688 bits per heavy atom. The molecule has 2 fully saturated rings. The molecule has 18 aromatic rings. The SMILES string of the molecule is O=C1c2c(c3c4ccc(O)cc4n(C4OC(CO)C(O)C(O)C4O)c3c3[nH]c4cc(O)ccc4c23)C(=O)N1NC(CO)CO.O=C1c2c(c3c4ccc(OCc5ccccc5)cc4n(C4OC(COCc5ccccc5)C(OCc5ccccc5)C(OCc5ccccc5)C4OCc4ccccc4)c3c3[nH]c4cc(OCc5ccccc5)ccc4c23)C(=O)N1NC(COCc1ccccc1)COCc1ccccc1. The van der Waals surface area contributed by atoms with Gasteiger partial charge in [-0.25, -0.2) is 20.9 Å². The van der Waals surface area contributed by atoms with Crippen LogP contribution in [-0.2, 0) is 90.7 Å². The first-order chi connectivity index (χ1) is 70.5. The fraction of sp³-hybridized carbons (Fsp3) is 0.228.